The normalized spacial score (nSPS) is 32.8. The molecule has 0 radical (unpaired) electrons. The molecule has 1 fully saturated rings. The Morgan fingerprint density at radius 2 is 2.25 bits per heavy atom. The SMILES string of the molecule is CCOC1CC(NC2=NCCCC2)C1(C)C. The first-order valence-electron chi connectivity index (χ1n) is 6.56. The predicted molar refractivity (Wildman–Crippen MR) is 66.9 cm³/mol. The maximum absolute atomic E-state index is 5.73. The molecule has 2 rings (SSSR count). The number of nitrogens with zero attached hydrogens (tertiary/aromatic N) is 1. The van der Waals surface area contributed by atoms with E-state index in [4.69, 9.17) is 4.74 Å². The molecule has 1 aliphatic heterocycles. The van der Waals surface area contributed by atoms with Crippen LogP contribution in [0.4, 0.5) is 0 Å². The van der Waals surface area contributed by atoms with Crippen LogP contribution in [-0.2, 0) is 4.74 Å². The molecule has 0 bridgehead atoms. The van der Waals surface area contributed by atoms with Crippen molar-refractivity contribution in [1.82, 2.24) is 5.32 Å². The van der Waals surface area contributed by atoms with Gasteiger partial charge >= 0.3 is 0 Å². The topological polar surface area (TPSA) is 33.6 Å². The lowest BCUT2D eigenvalue weighted by molar-refractivity contribution is -0.109. The van der Waals surface area contributed by atoms with Gasteiger partial charge in [-0.1, -0.05) is 13.8 Å². The van der Waals surface area contributed by atoms with Crippen LogP contribution in [0.1, 0.15) is 46.5 Å². The molecule has 2 aliphatic rings. The minimum Gasteiger partial charge on any atom is -0.378 e. The summed E-state index contributed by atoms with van der Waals surface area (Å²) in [4.78, 5) is 4.55. The Bertz CT molecular complexity index is 273. The van der Waals surface area contributed by atoms with Crippen molar-refractivity contribution in [3.8, 4) is 0 Å². The average Bonchev–Trinajstić information content (AvgIpc) is 2.29. The first-order valence-corrected chi connectivity index (χ1v) is 6.56. The van der Waals surface area contributed by atoms with E-state index < -0.39 is 0 Å². The van der Waals surface area contributed by atoms with E-state index in [-0.39, 0.29) is 5.41 Å². The summed E-state index contributed by atoms with van der Waals surface area (Å²) >= 11 is 0. The third-order valence-electron chi connectivity index (χ3n) is 4.01. The highest BCUT2D eigenvalue weighted by Gasteiger charge is 2.49. The number of hydrogen-bond acceptors (Lipinski definition) is 3. The number of amidine groups is 1. The second-order valence-corrected chi connectivity index (χ2v) is 5.48. The minimum absolute atomic E-state index is 0.246. The van der Waals surface area contributed by atoms with Gasteiger partial charge in [0.2, 0.25) is 0 Å². The molecule has 0 spiro atoms. The molecular weight excluding hydrogens is 200 g/mol. The lowest BCUT2D eigenvalue weighted by atomic mass is 9.64. The van der Waals surface area contributed by atoms with E-state index in [2.05, 4.69) is 31.1 Å². The Morgan fingerprint density at radius 3 is 2.81 bits per heavy atom. The fourth-order valence-electron chi connectivity index (χ4n) is 2.63. The van der Waals surface area contributed by atoms with Gasteiger partial charge in [-0.25, -0.2) is 0 Å². The van der Waals surface area contributed by atoms with Crippen LogP contribution in [0.3, 0.4) is 0 Å². The van der Waals surface area contributed by atoms with E-state index >= 15 is 0 Å². The van der Waals surface area contributed by atoms with E-state index in [1.807, 2.05) is 0 Å². The second-order valence-electron chi connectivity index (χ2n) is 5.48. The Morgan fingerprint density at radius 1 is 1.44 bits per heavy atom. The Labute approximate surface area is 98.7 Å². The largest absolute Gasteiger partial charge is 0.378 e. The van der Waals surface area contributed by atoms with Crippen LogP contribution in [0.2, 0.25) is 0 Å². The van der Waals surface area contributed by atoms with Gasteiger partial charge in [0.05, 0.1) is 11.9 Å². The van der Waals surface area contributed by atoms with E-state index in [1.54, 1.807) is 0 Å². The van der Waals surface area contributed by atoms with Crippen LogP contribution in [-0.4, -0.2) is 31.1 Å². The lowest BCUT2D eigenvalue weighted by Gasteiger charge is -2.52. The van der Waals surface area contributed by atoms with Gasteiger partial charge in [-0.15, -0.1) is 0 Å². The molecule has 0 aromatic rings. The summed E-state index contributed by atoms with van der Waals surface area (Å²) in [6.07, 6.45) is 5.21. The van der Waals surface area contributed by atoms with Crippen molar-refractivity contribution >= 4 is 5.84 Å². The first kappa shape index (κ1) is 11.9. The van der Waals surface area contributed by atoms with E-state index in [0.29, 0.717) is 12.1 Å². The van der Waals surface area contributed by atoms with Gasteiger partial charge < -0.3 is 10.1 Å². The zero-order chi connectivity index (χ0) is 11.6. The molecule has 92 valence electrons. The van der Waals surface area contributed by atoms with Crippen LogP contribution in [0.25, 0.3) is 0 Å². The molecule has 0 amide bonds. The van der Waals surface area contributed by atoms with Crippen molar-refractivity contribution in [3.05, 3.63) is 0 Å². The summed E-state index contributed by atoms with van der Waals surface area (Å²) in [5.41, 5.74) is 0.246. The zero-order valence-corrected chi connectivity index (χ0v) is 10.8. The molecule has 1 aliphatic carbocycles. The Kier molecular flexibility index (Phi) is 3.53. The van der Waals surface area contributed by atoms with Gasteiger partial charge in [0.25, 0.3) is 0 Å². The van der Waals surface area contributed by atoms with E-state index in [0.717, 1.165) is 26.0 Å². The molecule has 16 heavy (non-hydrogen) atoms. The van der Waals surface area contributed by atoms with Crippen LogP contribution >= 0.6 is 0 Å². The summed E-state index contributed by atoms with van der Waals surface area (Å²) in [7, 11) is 0. The first-order chi connectivity index (χ1) is 7.64. The number of aliphatic imine (C=N–C) groups is 1. The zero-order valence-electron chi connectivity index (χ0n) is 10.8. The van der Waals surface area contributed by atoms with Crippen LogP contribution in [0.5, 0.6) is 0 Å². The monoisotopic (exact) mass is 224 g/mol. The highest BCUT2D eigenvalue weighted by atomic mass is 16.5. The quantitative estimate of drug-likeness (QED) is 0.798. The van der Waals surface area contributed by atoms with Crippen molar-refractivity contribution in [2.24, 2.45) is 10.4 Å². The van der Waals surface area contributed by atoms with Gasteiger partial charge in [-0.05, 0) is 26.2 Å². The molecule has 1 saturated carbocycles. The third kappa shape index (κ3) is 2.24. The average molecular weight is 224 g/mol. The predicted octanol–water partition coefficient (Wildman–Crippen LogP) is 2.36. The lowest BCUT2D eigenvalue weighted by Crippen LogP contribution is -2.62. The molecule has 3 nitrogen and oxygen atoms in total. The van der Waals surface area contributed by atoms with Crippen LogP contribution < -0.4 is 5.32 Å². The van der Waals surface area contributed by atoms with Crippen molar-refractivity contribution in [2.75, 3.05) is 13.2 Å². The summed E-state index contributed by atoms with van der Waals surface area (Å²) in [6, 6.07) is 0.542. The Hall–Kier alpha value is -0.570. The van der Waals surface area contributed by atoms with Crippen molar-refractivity contribution in [3.63, 3.8) is 0 Å². The standard InChI is InChI=1S/C13H24N2O/c1-4-16-11-9-10(13(11,2)3)15-12-7-5-6-8-14-12/h10-11H,4-9H2,1-3H3,(H,14,15). The highest BCUT2D eigenvalue weighted by Crippen LogP contribution is 2.42. The number of ether oxygens (including phenoxy) is 1. The number of rotatable bonds is 3. The number of hydrogen-bond donors (Lipinski definition) is 1. The van der Waals surface area contributed by atoms with Crippen LogP contribution in [0, 0.1) is 5.41 Å². The molecule has 0 saturated heterocycles. The van der Waals surface area contributed by atoms with Gasteiger partial charge in [-0.2, -0.15) is 0 Å². The second kappa shape index (κ2) is 4.74. The van der Waals surface area contributed by atoms with Crippen molar-refractivity contribution < 1.29 is 4.74 Å². The van der Waals surface area contributed by atoms with Gasteiger partial charge in [0, 0.05) is 31.0 Å². The molecule has 0 aromatic heterocycles. The number of nitrogens with one attached hydrogen (secondary N) is 1. The molecular formula is C13H24N2O. The van der Waals surface area contributed by atoms with Gasteiger partial charge in [0.1, 0.15) is 0 Å². The van der Waals surface area contributed by atoms with Gasteiger partial charge in [0.15, 0.2) is 0 Å². The molecule has 2 atom stereocenters. The molecule has 1 heterocycles. The fraction of sp³-hybridized carbons (Fsp3) is 0.923. The molecule has 2 unspecified atom stereocenters. The summed E-state index contributed by atoms with van der Waals surface area (Å²) in [5.74, 6) is 1.22. The summed E-state index contributed by atoms with van der Waals surface area (Å²) in [6.45, 7) is 8.48. The fourth-order valence-corrected chi connectivity index (χ4v) is 2.63. The van der Waals surface area contributed by atoms with Crippen molar-refractivity contribution in [1.29, 1.82) is 0 Å². The summed E-state index contributed by atoms with van der Waals surface area (Å²) in [5, 5.41) is 3.60. The summed E-state index contributed by atoms with van der Waals surface area (Å²) < 4.78 is 5.73. The highest BCUT2D eigenvalue weighted by molar-refractivity contribution is 5.83. The van der Waals surface area contributed by atoms with Crippen LogP contribution in [0.15, 0.2) is 4.99 Å². The van der Waals surface area contributed by atoms with Gasteiger partial charge in [-0.3, -0.25) is 4.99 Å². The Balaban J connectivity index is 1.86. The third-order valence-corrected chi connectivity index (χ3v) is 4.01. The minimum atomic E-state index is 0.246. The van der Waals surface area contributed by atoms with E-state index in [1.165, 1.54) is 18.7 Å². The molecule has 3 heteroatoms. The van der Waals surface area contributed by atoms with Crippen molar-refractivity contribution in [2.45, 2.75) is 58.6 Å². The molecule has 0 aromatic carbocycles. The van der Waals surface area contributed by atoms with E-state index in [9.17, 15) is 0 Å². The molecule has 1 N–H and O–H groups in total. The smallest absolute Gasteiger partial charge is 0.0965 e. The maximum Gasteiger partial charge on any atom is 0.0965 e. The maximum atomic E-state index is 5.73.